The van der Waals surface area contributed by atoms with E-state index in [0.29, 0.717) is 6.29 Å². The van der Waals surface area contributed by atoms with Crippen LogP contribution in [-0.4, -0.2) is 26.0 Å². The summed E-state index contributed by atoms with van der Waals surface area (Å²) in [5.74, 6) is -0.0428. The summed E-state index contributed by atoms with van der Waals surface area (Å²) in [6.45, 7) is 0. The van der Waals surface area contributed by atoms with Gasteiger partial charge in [0.15, 0.2) is 6.29 Å². The molecule has 0 saturated heterocycles. The van der Waals surface area contributed by atoms with E-state index in [1.165, 1.54) is 6.20 Å². The summed E-state index contributed by atoms with van der Waals surface area (Å²) in [5.41, 5.74) is 9.10. The lowest BCUT2D eigenvalue weighted by atomic mass is 10.3. The molecule has 0 saturated carbocycles. The van der Waals surface area contributed by atoms with E-state index in [0.717, 1.165) is 0 Å². The Bertz CT molecular complexity index is 349. The van der Waals surface area contributed by atoms with Gasteiger partial charge in [0.05, 0.1) is 5.56 Å². The lowest BCUT2D eigenvalue weighted by molar-refractivity contribution is 0.112. The van der Waals surface area contributed by atoms with E-state index in [1.54, 1.807) is 0 Å². The Morgan fingerprint density at radius 3 is 2.43 bits per heavy atom. The van der Waals surface area contributed by atoms with Gasteiger partial charge in [-0.1, -0.05) is 0 Å². The van der Waals surface area contributed by atoms with Gasteiger partial charge in [-0.3, -0.25) is 10.3 Å². The van der Waals surface area contributed by atoms with Crippen LogP contribution in [0.15, 0.2) is 11.0 Å². The second-order valence-corrected chi connectivity index (χ2v) is 2.63. The van der Waals surface area contributed by atoms with Crippen LogP contribution in [0.25, 0.3) is 0 Å². The number of carbonyl (C=O) groups excluding carboxylic acids is 1. The van der Waals surface area contributed by atoms with E-state index in [1.807, 2.05) is 0 Å². The Morgan fingerprint density at radius 1 is 1.57 bits per heavy atom. The van der Waals surface area contributed by atoms with Gasteiger partial charge in [-0.2, -0.15) is 4.98 Å². The molecule has 0 aromatic carbocycles. The van der Waals surface area contributed by atoms with Crippen molar-refractivity contribution < 1.29 is 14.6 Å². The smallest absolute Gasteiger partial charge is 0.346 e. The molecule has 0 spiro atoms. The van der Waals surface area contributed by atoms with Crippen molar-refractivity contribution in [2.24, 2.45) is 5.50 Å². The Balaban J connectivity index is 0.000000364. The number of nitrogen functional groups attached to an aromatic ring is 1. The van der Waals surface area contributed by atoms with Gasteiger partial charge in [-0.05, 0) is 0 Å². The van der Waals surface area contributed by atoms with Crippen LogP contribution in [0.1, 0.15) is 10.4 Å². The normalized spacial score (nSPS) is 9.14. The Hall–Kier alpha value is -1.34. The third kappa shape index (κ3) is 5.33. The molecule has 8 nitrogen and oxygen atoms in total. The zero-order valence-corrected chi connectivity index (χ0v) is 7.81. The number of aldehydes is 1. The maximum atomic E-state index is 10.4. The topological polar surface area (TPSA) is 155 Å². The van der Waals surface area contributed by atoms with Crippen LogP contribution in [0.4, 0.5) is 5.82 Å². The highest BCUT2D eigenvalue weighted by Crippen LogP contribution is 2.05. The van der Waals surface area contributed by atoms with Gasteiger partial charge < -0.3 is 20.5 Å². The summed E-state index contributed by atoms with van der Waals surface area (Å²) in [6.07, 6.45) is 1.75. The molecule has 0 radical (unpaired) electrons. The van der Waals surface area contributed by atoms with E-state index in [9.17, 15) is 9.59 Å². The lowest BCUT2D eigenvalue weighted by Crippen LogP contribution is -2.13. The molecule has 1 heterocycles. The highest BCUT2D eigenvalue weighted by molar-refractivity contribution is 7.42. The molecule has 9 heteroatoms. The van der Waals surface area contributed by atoms with Crippen molar-refractivity contribution in [1.29, 1.82) is 0 Å². The Morgan fingerprint density at radius 2 is 2.07 bits per heavy atom. The number of nitrogens with zero attached hydrogens (tertiary/aromatic N) is 1. The van der Waals surface area contributed by atoms with Crippen molar-refractivity contribution in [2.45, 2.75) is 0 Å². The van der Waals surface area contributed by atoms with E-state index >= 15 is 0 Å². The molecule has 7 N–H and O–H groups in total. The van der Waals surface area contributed by atoms with Crippen LogP contribution in [-0.2, 0) is 0 Å². The van der Waals surface area contributed by atoms with Crippen LogP contribution in [0.3, 0.4) is 0 Å². The van der Waals surface area contributed by atoms with Crippen LogP contribution < -0.4 is 16.9 Å². The summed E-state index contributed by atoms with van der Waals surface area (Å²) in [7, 11) is -2.12. The third-order valence-corrected chi connectivity index (χ3v) is 0.996. The van der Waals surface area contributed by atoms with Crippen molar-refractivity contribution in [3.8, 4) is 0 Å². The van der Waals surface area contributed by atoms with Gasteiger partial charge in [0, 0.05) is 6.20 Å². The second kappa shape index (κ2) is 6.17. The molecule has 0 bridgehead atoms. The summed E-state index contributed by atoms with van der Waals surface area (Å²) >= 11 is 0. The van der Waals surface area contributed by atoms with Gasteiger partial charge in [-0.15, -0.1) is 0 Å². The van der Waals surface area contributed by atoms with E-state index in [-0.39, 0.29) is 11.4 Å². The molecule has 0 aliphatic rings. The molecular formula is C5H9N4O4P. The second-order valence-electron chi connectivity index (χ2n) is 1.98. The van der Waals surface area contributed by atoms with Crippen molar-refractivity contribution in [1.82, 2.24) is 9.97 Å². The van der Waals surface area contributed by atoms with Crippen LogP contribution >= 0.6 is 8.53 Å². The number of nitrogens with two attached hydrogens (primary N) is 2. The molecule has 78 valence electrons. The molecule has 0 atom stereocenters. The summed E-state index contributed by atoms with van der Waals surface area (Å²) in [5, 5.41) is 0. The van der Waals surface area contributed by atoms with E-state index in [2.05, 4.69) is 15.5 Å². The molecule has 0 aliphatic heterocycles. The average molecular weight is 220 g/mol. The van der Waals surface area contributed by atoms with Crippen molar-refractivity contribution >= 4 is 20.6 Å². The van der Waals surface area contributed by atoms with Gasteiger partial charge in [0.25, 0.3) is 0 Å². The predicted octanol–water partition coefficient (Wildman–Crippen LogP) is -1.68. The zero-order valence-electron chi connectivity index (χ0n) is 6.91. The van der Waals surface area contributed by atoms with Crippen molar-refractivity contribution in [2.75, 3.05) is 5.73 Å². The highest BCUT2D eigenvalue weighted by atomic mass is 31.2. The van der Waals surface area contributed by atoms with Gasteiger partial charge >= 0.3 is 5.69 Å². The standard InChI is InChI=1S/C5H5N3O2.H4NO2P/c6-4-3(2-9)1-7-5(10)8-4;1-4(2)3/h1-2H,(H3,6,7,8,10);2-3H,1H2. The van der Waals surface area contributed by atoms with Crippen LogP contribution in [0.2, 0.25) is 0 Å². The quantitative estimate of drug-likeness (QED) is 0.279. The molecule has 14 heavy (non-hydrogen) atoms. The van der Waals surface area contributed by atoms with E-state index in [4.69, 9.17) is 15.5 Å². The summed E-state index contributed by atoms with van der Waals surface area (Å²) in [4.78, 5) is 40.9. The van der Waals surface area contributed by atoms with E-state index < -0.39 is 14.2 Å². The molecule has 1 aromatic rings. The largest absolute Gasteiger partial charge is 0.383 e. The van der Waals surface area contributed by atoms with Crippen LogP contribution in [0, 0.1) is 0 Å². The number of H-pyrrole nitrogens is 1. The zero-order chi connectivity index (χ0) is 11.1. The fourth-order valence-electron chi connectivity index (χ4n) is 0.514. The fraction of sp³-hybridized carbons (Fsp3) is 0. The first-order valence-corrected chi connectivity index (χ1v) is 4.52. The first-order chi connectivity index (χ1) is 6.47. The average Bonchev–Trinajstić information content (AvgIpc) is 2.03. The number of hydrogen-bond donors (Lipinski definition) is 5. The number of aromatic amines is 1. The summed E-state index contributed by atoms with van der Waals surface area (Å²) in [6, 6.07) is 0. The molecule has 0 unspecified atom stereocenters. The first-order valence-electron chi connectivity index (χ1n) is 3.20. The maximum Gasteiger partial charge on any atom is 0.346 e. The number of hydrogen-bond acceptors (Lipinski definition) is 7. The maximum absolute atomic E-state index is 10.4. The monoisotopic (exact) mass is 220 g/mol. The van der Waals surface area contributed by atoms with Gasteiger partial charge in [0.2, 0.25) is 8.53 Å². The van der Waals surface area contributed by atoms with Gasteiger partial charge in [0.1, 0.15) is 5.82 Å². The number of rotatable bonds is 1. The fourth-order valence-corrected chi connectivity index (χ4v) is 0.514. The SMILES string of the molecule is NP(O)O.Nc1nc(=O)[nH]cc1C=O. The molecule has 0 amide bonds. The Labute approximate surface area is 79.6 Å². The highest BCUT2D eigenvalue weighted by Gasteiger charge is 1.96. The predicted molar refractivity (Wildman–Crippen MR) is 50.2 cm³/mol. The van der Waals surface area contributed by atoms with Crippen molar-refractivity contribution in [3.05, 3.63) is 22.2 Å². The van der Waals surface area contributed by atoms with Crippen LogP contribution in [0.5, 0.6) is 0 Å². The first kappa shape index (κ1) is 12.7. The minimum Gasteiger partial charge on any atom is -0.383 e. The number of aromatic nitrogens is 2. The molecule has 0 aliphatic carbocycles. The number of nitrogens with one attached hydrogen (secondary N) is 1. The lowest BCUT2D eigenvalue weighted by Gasteiger charge is -1.91. The number of carbonyl (C=O) groups is 1. The summed E-state index contributed by atoms with van der Waals surface area (Å²) < 4.78 is 0. The molecule has 1 aromatic heterocycles. The van der Waals surface area contributed by atoms with Gasteiger partial charge in [-0.25, -0.2) is 4.79 Å². The van der Waals surface area contributed by atoms with Crippen molar-refractivity contribution in [3.63, 3.8) is 0 Å². The third-order valence-electron chi connectivity index (χ3n) is 0.996. The Kier molecular flexibility index (Phi) is 5.58. The molecule has 1 rings (SSSR count). The molecule has 0 fully saturated rings. The number of anilines is 1. The minimum absolute atomic E-state index is 0.0428. The minimum atomic E-state index is -2.12. The molecular weight excluding hydrogens is 211 g/mol.